The Hall–Kier alpha value is -0.910. The van der Waals surface area contributed by atoms with E-state index in [1.807, 2.05) is 0 Å². The molecule has 0 radical (unpaired) electrons. The fourth-order valence-electron chi connectivity index (χ4n) is 1.34. The molecule has 13 heavy (non-hydrogen) atoms. The maximum atomic E-state index is 2.31. The van der Waals surface area contributed by atoms with E-state index in [1.165, 1.54) is 11.1 Å². The van der Waals surface area contributed by atoms with E-state index in [1.54, 1.807) is 0 Å². The molecule has 0 aromatic heterocycles. The van der Waals surface area contributed by atoms with Crippen LogP contribution >= 0.6 is 0 Å². The Bertz CT molecular complexity index is 249. The Morgan fingerprint density at radius 3 is 2.31 bits per heavy atom. The lowest BCUT2D eigenvalue weighted by atomic mass is 10.00. The minimum atomic E-state index is 0.616. The summed E-state index contributed by atoms with van der Waals surface area (Å²) >= 11 is 0. The lowest BCUT2D eigenvalue weighted by molar-refractivity contribution is 0.840. The fourth-order valence-corrected chi connectivity index (χ4v) is 1.34. The Labute approximate surface area is 81.6 Å². The molecule has 0 aliphatic rings. The first-order valence-corrected chi connectivity index (χ1v) is 5.04. The highest BCUT2D eigenvalue weighted by atomic mass is 14.1. The Balaban J connectivity index is 3.13. The van der Waals surface area contributed by atoms with E-state index in [9.17, 15) is 0 Å². The quantitative estimate of drug-likeness (QED) is 0.590. The lowest BCUT2D eigenvalue weighted by Crippen LogP contribution is -1.88. The molecule has 0 saturated heterocycles. The molecule has 1 aromatic rings. The molecule has 0 N–H and O–H groups in total. The molecule has 0 bridgehead atoms. The van der Waals surface area contributed by atoms with Crippen molar-refractivity contribution in [2.45, 2.75) is 39.5 Å². The molecule has 0 nitrogen and oxygen atoms in total. The van der Waals surface area contributed by atoms with Crippen molar-refractivity contribution in [3.63, 3.8) is 0 Å². The first-order chi connectivity index (χ1) is 6.11. The average Bonchev–Trinajstić information content (AvgIpc) is 2.28. The standard InChI is InChI=1S/C13H19/c1-10(2)12-7-5-6-8-13(9-12)11(3)4/h5-11H,1-4H3/q+1. The van der Waals surface area contributed by atoms with Crippen molar-refractivity contribution in [2.24, 2.45) is 0 Å². The molecule has 0 heteroatoms. The second-order valence-corrected chi connectivity index (χ2v) is 4.17. The number of hydrogen-bond donors (Lipinski definition) is 0. The third kappa shape index (κ3) is 2.80. The summed E-state index contributed by atoms with van der Waals surface area (Å²) in [6, 6.07) is 11.0. The van der Waals surface area contributed by atoms with Gasteiger partial charge in [-0.15, -0.1) is 0 Å². The van der Waals surface area contributed by atoms with Gasteiger partial charge in [-0.05, 0) is 27.7 Å². The van der Waals surface area contributed by atoms with Crippen LogP contribution < -0.4 is 0 Å². The molecule has 0 atom stereocenters. The normalized spacial score (nSPS) is 10.9. The second kappa shape index (κ2) is 4.36. The van der Waals surface area contributed by atoms with Crippen LogP contribution in [0.3, 0.4) is 0 Å². The Kier molecular flexibility index (Phi) is 3.41. The Morgan fingerprint density at radius 1 is 1.08 bits per heavy atom. The smallest absolute Gasteiger partial charge is 0.0469 e. The molecule has 0 spiro atoms. The summed E-state index contributed by atoms with van der Waals surface area (Å²) in [5.41, 5.74) is 2.85. The Morgan fingerprint density at radius 2 is 1.77 bits per heavy atom. The zero-order valence-electron chi connectivity index (χ0n) is 9.04. The maximum absolute atomic E-state index is 2.31. The summed E-state index contributed by atoms with van der Waals surface area (Å²) in [4.78, 5) is 0. The molecular weight excluding hydrogens is 156 g/mol. The minimum Gasteiger partial charge on any atom is -0.0469 e. The highest BCUT2D eigenvalue weighted by Gasteiger charge is 2.08. The molecule has 1 rings (SSSR count). The van der Waals surface area contributed by atoms with Gasteiger partial charge in [0.1, 0.15) is 0 Å². The predicted octanol–water partition coefficient (Wildman–Crippen LogP) is 4.21. The van der Waals surface area contributed by atoms with E-state index >= 15 is 0 Å². The summed E-state index contributed by atoms with van der Waals surface area (Å²) in [5, 5.41) is 0. The highest BCUT2D eigenvalue weighted by Crippen LogP contribution is 2.19. The number of rotatable bonds is 2. The fraction of sp³-hybridized carbons (Fsp3) is 0.462. The van der Waals surface area contributed by atoms with Crippen LogP contribution in [0, 0.1) is 0 Å². The molecule has 0 saturated carbocycles. The van der Waals surface area contributed by atoms with E-state index in [2.05, 4.69) is 58.0 Å². The van der Waals surface area contributed by atoms with Crippen molar-refractivity contribution in [1.82, 2.24) is 0 Å². The highest BCUT2D eigenvalue weighted by molar-refractivity contribution is 5.25. The van der Waals surface area contributed by atoms with Gasteiger partial charge in [-0.1, -0.05) is 0 Å². The zero-order valence-corrected chi connectivity index (χ0v) is 9.04. The minimum absolute atomic E-state index is 0.616. The van der Waals surface area contributed by atoms with Crippen LogP contribution in [-0.2, 0) is 0 Å². The van der Waals surface area contributed by atoms with Crippen LogP contribution in [0.15, 0.2) is 30.3 Å². The summed E-state index contributed by atoms with van der Waals surface area (Å²) in [7, 11) is 0. The summed E-state index contributed by atoms with van der Waals surface area (Å²) in [6.45, 7) is 8.94. The van der Waals surface area contributed by atoms with Crippen molar-refractivity contribution in [2.75, 3.05) is 0 Å². The van der Waals surface area contributed by atoms with E-state index in [0.717, 1.165) is 0 Å². The monoisotopic (exact) mass is 175 g/mol. The van der Waals surface area contributed by atoms with Gasteiger partial charge in [0.25, 0.3) is 0 Å². The van der Waals surface area contributed by atoms with Crippen LogP contribution in [0.25, 0.3) is 0 Å². The second-order valence-electron chi connectivity index (χ2n) is 4.17. The van der Waals surface area contributed by atoms with Gasteiger partial charge < -0.3 is 0 Å². The van der Waals surface area contributed by atoms with Gasteiger partial charge in [0.05, 0.1) is 11.6 Å². The lowest BCUT2D eigenvalue weighted by Gasteiger charge is -1.99. The summed E-state index contributed by atoms with van der Waals surface area (Å²) in [6.07, 6.45) is 0. The SMILES string of the molecule is CC(C)c1cccc[c+](C(C)C)c1. The van der Waals surface area contributed by atoms with Crippen molar-refractivity contribution in [3.8, 4) is 0 Å². The molecule has 0 heterocycles. The van der Waals surface area contributed by atoms with Crippen molar-refractivity contribution in [1.29, 1.82) is 0 Å². The van der Waals surface area contributed by atoms with Gasteiger partial charge in [-0.2, -0.15) is 0 Å². The maximum Gasteiger partial charge on any atom is 0.0549 e. The van der Waals surface area contributed by atoms with Crippen LogP contribution in [0.2, 0.25) is 0 Å². The van der Waals surface area contributed by atoms with Gasteiger partial charge in [0.2, 0.25) is 0 Å². The van der Waals surface area contributed by atoms with Crippen LogP contribution in [0.5, 0.6) is 0 Å². The van der Waals surface area contributed by atoms with Gasteiger partial charge >= 0.3 is 0 Å². The predicted molar refractivity (Wildman–Crippen MR) is 59.0 cm³/mol. The van der Waals surface area contributed by atoms with Crippen LogP contribution in [0.1, 0.15) is 50.7 Å². The van der Waals surface area contributed by atoms with Crippen LogP contribution in [-0.4, -0.2) is 0 Å². The molecular formula is C13H19+. The number of hydrogen-bond acceptors (Lipinski definition) is 0. The van der Waals surface area contributed by atoms with Crippen LogP contribution in [0.4, 0.5) is 0 Å². The van der Waals surface area contributed by atoms with Crippen molar-refractivity contribution >= 4 is 0 Å². The zero-order chi connectivity index (χ0) is 9.84. The molecule has 70 valence electrons. The molecule has 1 aromatic carbocycles. The van der Waals surface area contributed by atoms with E-state index in [4.69, 9.17) is 0 Å². The van der Waals surface area contributed by atoms with Gasteiger partial charge in [-0.25, -0.2) is 0 Å². The summed E-state index contributed by atoms with van der Waals surface area (Å²) in [5.74, 6) is 1.23. The van der Waals surface area contributed by atoms with E-state index in [-0.39, 0.29) is 0 Å². The van der Waals surface area contributed by atoms with E-state index < -0.39 is 0 Å². The summed E-state index contributed by atoms with van der Waals surface area (Å²) < 4.78 is 0. The largest absolute Gasteiger partial charge is 0.0549 e. The molecule has 0 unspecified atom stereocenters. The average molecular weight is 175 g/mol. The van der Waals surface area contributed by atoms with E-state index in [0.29, 0.717) is 11.8 Å². The topological polar surface area (TPSA) is 0 Å². The first kappa shape index (κ1) is 10.2. The van der Waals surface area contributed by atoms with Gasteiger partial charge in [0, 0.05) is 41.7 Å². The molecule has 0 aliphatic carbocycles. The molecule has 0 fully saturated rings. The molecule has 0 amide bonds. The van der Waals surface area contributed by atoms with Crippen molar-refractivity contribution < 1.29 is 0 Å². The van der Waals surface area contributed by atoms with Gasteiger partial charge in [-0.3, -0.25) is 0 Å². The van der Waals surface area contributed by atoms with Gasteiger partial charge in [0.15, 0.2) is 0 Å². The van der Waals surface area contributed by atoms with Crippen molar-refractivity contribution in [3.05, 3.63) is 41.5 Å². The third-order valence-corrected chi connectivity index (χ3v) is 2.36. The third-order valence-electron chi connectivity index (χ3n) is 2.36. The first-order valence-electron chi connectivity index (χ1n) is 5.04. The molecule has 0 aliphatic heterocycles.